The molecule has 0 bridgehead atoms. The predicted molar refractivity (Wildman–Crippen MR) is 111 cm³/mol. The highest BCUT2D eigenvalue weighted by Crippen LogP contribution is 2.17. The van der Waals surface area contributed by atoms with E-state index in [4.69, 9.17) is 9.15 Å². The first-order chi connectivity index (χ1) is 14.7. The lowest BCUT2D eigenvalue weighted by atomic mass is 10.1. The standard InChI is InChI=1S/C22H26N4O4/c27-21(23-8-7-16-14-24-18-5-2-1-4-17(16)18)22(28)25-15-19(20-6-3-11-30-20)26-9-12-29-13-10-26/h1-6,11,14,19,24H,7-10,12-13,15H2,(H,23,27)(H,25,28)/p+1/t19-/m0/s1. The van der Waals surface area contributed by atoms with Crippen molar-refractivity contribution in [1.29, 1.82) is 0 Å². The minimum Gasteiger partial charge on any atom is -0.463 e. The van der Waals surface area contributed by atoms with Crippen molar-refractivity contribution in [2.24, 2.45) is 0 Å². The van der Waals surface area contributed by atoms with Crippen molar-refractivity contribution < 1.29 is 23.6 Å². The summed E-state index contributed by atoms with van der Waals surface area (Å²) in [5.74, 6) is -0.449. The number of H-pyrrole nitrogens is 1. The van der Waals surface area contributed by atoms with Gasteiger partial charge in [-0.2, -0.15) is 0 Å². The molecule has 4 rings (SSSR count). The fourth-order valence-corrected chi connectivity index (χ4v) is 3.92. The van der Waals surface area contributed by atoms with Gasteiger partial charge in [0.05, 0.1) is 26.0 Å². The van der Waals surface area contributed by atoms with Gasteiger partial charge in [0.2, 0.25) is 0 Å². The van der Waals surface area contributed by atoms with Crippen molar-refractivity contribution in [2.75, 3.05) is 39.4 Å². The Bertz CT molecular complexity index is 976. The Kier molecular flexibility index (Phi) is 6.46. The van der Waals surface area contributed by atoms with Gasteiger partial charge in [-0.1, -0.05) is 18.2 Å². The number of furan rings is 1. The molecule has 8 nitrogen and oxygen atoms in total. The molecule has 1 aliphatic heterocycles. The molecule has 0 spiro atoms. The van der Waals surface area contributed by atoms with E-state index in [9.17, 15) is 9.59 Å². The molecule has 0 aliphatic carbocycles. The number of fused-ring (bicyclic) bond motifs is 1. The highest BCUT2D eigenvalue weighted by atomic mass is 16.5. The molecule has 3 heterocycles. The SMILES string of the molecule is O=C(NCCc1c[nH]c2ccccc12)C(=O)NC[C@@H](c1ccco1)[NH+]1CCOCC1. The molecule has 0 saturated carbocycles. The summed E-state index contributed by atoms with van der Waals surface area (Å²) in [6.07, 6.45) is 4.22. The summed E-state index contributed by atoms with van der Waals surface area (Å²) >= 11 is 0. The normalized spacial score (nSPS) is 15.7. The van der Waals surface area contributed by atoms with Gasteiger partial charge in [-0.15, -0.1) is 0 Å². The third-order valence-electron chi connectivity index (χ3n) is 5.54. The summed E-state index contributed by atoms with van der Waals surface area (Å²) in [7, 11) is 0. The molecule has 1 saturated heterocycles. The molecule has 1 aliphatic rings. The first-order valence-corrected chi connectivity index (χ1v) is 10.3. The first-order valence-electron chi connectivity index (χ1n) is 10.3. The fraction of sp³-hybridized carbons (Fsp3) is 0.364. The Morgan fingerprint density at radius 3 is 2.67 bits per heavy atom. The average molecular weight is 411 g/mol. The zero-order valence-corrected chi connectivity index (χ0v) is 16.8. The van der Waals surface area contributed by atoms with E-state index in [1.54, 1.807) is 6.26 Å². The number of carbonyl (C=O) groups excluding carboxylic acids is 2. The molecule has 1 fully saturated rings. The number of para-hydroxylation sites is 1. The van der Waals surface area contributed by atoms with Crippen molar-refractivity contribution in [3.63, 3.8) is 0 Å². The van der Waals surface area contributed by atoms with Crippen LogP contribution in [-0.4, -0.2) is 56.2 Å². The maximum absolute atomic E-state index is 12.3. The molecule has 4 N–H and O–H groups in total. The largest absolute Gasteiger partial charge is 0.463 e. The maximum Gasteiger partial charge on any atom is 0.309 e. The smallest absolute Gasteiger partial charge is 0.309 e. The fourth-order valence-electron chi connectivity index (χ4n) is 3.92. The van der Waals surface area contributed by atoms with Crippen LogP contribution in [0.25, 0.3) is 10.9 Å². The topological polar surface area (TPSA) is 101 Å². The monoisotopic (exact) mass is 411 g/mol. The number of rotatable bonds is 7. The minimum atomic E-state index is -0.627. The summed E-state index contributed by atoms with van der Waals surface area (Å²) < 4.78 is 11.0. The number of quaternary nitrogens is 1. The zero-order valence-electron chi connectivity index (χ0n) is 16.8. The van der Waals surface area contributed by atoms with Crippen LogP contribution in [-0.2, 0) is 20.7 Å². The van der Waals surface area contributed by atoms with Crippen LogP contribution in [0.5, 0.6) is 0 Å². The van der Waals surface area contributed by atoms with E-state index in [2.05, 4.69) is 15.6 Å². The van der Waals surface area contributed by atoms with E-state index in [1.165, 1.54) is 4.90 Å². The lowest BCUT2D eigenvalue weighted by Gasteiger charge is -2.30. The lowest BCUT2D eigenvalue weighted by Crippen LogP contribution is -3.15. The summed E-state index contributed by atoms with van der Waals surface area (Å²) in [6.45, 7) is 3.74. The summed E-state index contributed by atoms with van der Waals surface area (Å²) in [5, 5.41) is 6.60. The number of hydrogen-bond donors (Lipinski definition) is 4. The van der Waals surface area contributed by atoms with E-state index in [1.807, 2.05) is 42.6 Å². The van der Waals surface area contributed by atoms with Gasteiger partial charge in [-0.05, 0) is 30.2 Å². The Morgan fingerprint density at radius 2 is 1.87 bits per heavy atom. The van der Waals surface area contributed by atoms with Gasteiger partial charge in [0, 0.05) is 23.6 Å². The average Bonchev–Trinajstić information content (AvgIpc) is 3.45. The van der Waals surface area contributed by atoms with Crippen LogP contribution in [0.1, 0.15) is 17.4 Å². The summed E-state index contributed by atoms with van der Waals surface area (Å²) in [4.78, 5) is 29.0. The van der Waals surface area contributed by atoms with Crippen molar-refractivity contribution in [3.8, 4) is 0 Å². The highest BCUT2D eigenvalue weighted by molar-refractivity contribution is 6.35. The van der Waals surface area contributed by atoms with Crippen molar-refractivity contribution in [1.82, 2.24) is 15.6 Å². The Morgan fingerprint density at radius 1 is 1.07 bits per heavy atom. The molecular weight excluding hydrogens is 384 g/mol. The molecule has 158 valence electrons. The van der Waals surface area contributed by atoms with Crippen LogP contribution in [0.15, 0.2) is 53.3 Å². The van der Waals surface area contributed by atoms with Gasteiger partial charge in [0.1, 0.15) is 13.1 Å². The number of hydrogen-bond acceptors (Lipinski definition) is 4. The molecule has 2 amide bonds. The Labute approximate surface area is 174 Å². The number of ether oxygens (including phenoxy) is 1. The highest BCUT2D eigenvalue weighted by Gasteiger charge is 2.29. The van der Waals surface area contributed by atoms with E-state index in [-0.39, 0.29) is 6.04 Å². The molecular formula is C22H27N4O4+. The summed E-state index contributed by atoms with van der Waals surface area (Å²) in [5.41, 5.74) is 2.17. The first kappa shape index (κ1) is 20.2. The Hall–Kier alpha value is -3.10. The van der Waals surface area contributed by atoms with Gasteiger partial charge in [-0.3, -0.25) is 9.59 Å². The predicted octanol–water partition coefficient (Wildman–Crippen LogP) is 0.192. The molecule has 3 aromatic rings. The van der Waals surface area contributed by atoms with Gasteiger partial charge in [0.15, 0.2) is 11.8 Å². The van der Waals surface area contributed by atoms with Gasteiger partial charge < -0.3 is 29.7 Å². The number of aromatic amines is 1. The number of amides is 2. The van der Waals surface area contributed by atoms with Crippen LogP contribution in [0.2, 0.25) is 0 Å². The lowest BCUT2D eigenvalue weighted by molar-refractivity contribution is -0.938. The third-order valence-corrected chi connectivity index (χ3v) is 5.54. The molecule has 30 heavy (non-hydrogen) atoms. The third kappa shape index (κ3) is 4.72. The second-order valence-electron chi connectivity index (χ2n) is 7.41. The second kappa shape index (κ2) is 9.60. The maximum atomic E-state index is 12.3. The van der Waals surface area contributed by atoms with Crippen LogP contribution in [0.4, 0.5) is 0 Å². The van der Waals surface area contributed by atoms with Crippen LogP contribution in [0, 0.1) is 0 Å². The molecule has 1 atom stereocenters. The van der Waals surface area contributed by atoms with Crippen LogP contribution < -0.4 is 15.5 Å². The molecule has 2 aromatic heterocycles. The van der Waals surface area contributed by atoms with E-state index in [0.29, 0.717) is 32.7 Å². The molecule has 8 heteroatoms. The van der Waals surface area contributed by atoms with Gasteiger partial charge >= 0.3 is 11.8 Å². The van der Waals surface area contributed by atoms with Crippen LogP contribution >= 0.6 is 0 Å². The second-order valence-corrected chi connectivity index (χ2v) is 7.41. The number of aromatic nitrogens is 1. The van der Waals surface area contributed by atoms with E-state index >= 15 is 0 Å². The quantitative estimate of drug-likeness (QED) is 0.417. The number of benzene rings is 1. The number of carbonyl (C=O) groups is 2. The van der Waals surface area contributed by atoms with E-state index in [0.717, 1.165) is 35.3 Å². The van der Waals surface area contributed by atoms with Crippen molar-refractivity contribution >= 4 is 22.7 Å². The van der Waals surface area contributed by atoms with Crippen molar-refractivity contribution in [3.05, 3.63) is 60.2 Å². The van der Waals surface area contributed by atoms with Crippen LogP contribution in [0.3, 0.4) is 0 Å². The Balaban J connectivity index is 1.27. The number of nitrogens with one attached hydrogen (secondary N) is 4. The van der Waals surface area contributed by atoms with Gasteiger partial charge in [0.25, 0.3) is 0 Å². The molecule has 0 radical (unpaired) electrons. The van der Waals surface area contributed by atoms with E-state index < -0.39 is 11.8 Å². The zero-order chi connectivity index (χ0) is 20.8. The van der Waals surface area contributed by atoms with Crippen molar-refractivity contribution in [2.45, 2.75) is 12.5 Å². The summed E-state index contributed by atoms with van der Waals surface area (Å²) in [6, 6.07) is 11.7. The minimum absolute atomic E-state index is 0.0492. The molecule has 1 aromatic carbocycles. The number of morpholine rings is 1. The van der Waals surface area contributed by atoms with Gasteiger partial charge in [-0.25, -0.2) is 0 Å². The molecule has 0 unspecified atom stereocenters.